The molecular formula is C18H19N. The van der Waals surface area contributed by atoms with Gasteiger partial charge < -0.3 is 0 Å². The van der Waals surface area contributed by atoms with Gasteiger partial charge in [-0.2, -0.15) is 0 Å². The molecule has 2 rings (SSSR count). The maximum absolute atomic E-state index is 3.22. The van der Waals surface area contributed by atoms with Gasteiger partial charge in [0.25, 0.3) is 0 Å². The van der Waals surface area contributed by atoms with Gasteiger partial charge in [0.1, 0.15) is 0 Å². The van der Waals surface area contributed by atoms with Crippen LogP contribution in [0.5, 0.6) is 0 Å². The van der Waals surface area contributed by atoms with E-state index in [1.807, 2.05) is 6.07 Å². The third-order valence-corrected chi connectivity index (χ3v) is 2.93. The highest BCUT2D eigenvalue weighted by Crippen LogP contribution is 2.03. The molecule has 0 aliphatic carbocycles. The van der Waals surface area contributed by atoms with Gasteiger partial charge in [-0.3, -0.25) is 4.90 Å². The van der Waals surface area contributed by atoms with Crippen LogP contribution in [0.3, 0.4) is 0 Å². The van der Waals surface area contributed by atoms with Crippen molar-refractivity contribution in [1.29, 1.82) is 0 Å². The summed E-state index contributed by atoms with van der Waals surface area (Å²) in [7, 11) is 2.09. The van der Waals surface area contributed by atoms with Crippen molar-refractivity contribution >= 4 is 0 Å². The maximum Gasteiger partial charge on any atom is 0.0605 e. The summed E-state index contributed by atoms with van der Waals surface area (Å²) in [5.41, 5.74) is 3.67. The monoisotopic (exact) mass is 249 g/mol. The Balaban J connectivity index is 1.87. The standard InChI is InChI=1S/C18H19N/c1-16-10-12-17(13-11-16)9-6-14-19(2)15-18-7-4-3-5-8-18/h3-5,7-8,10-13H,14-15H2,1-2H3. The predicted octanol–water partition coefficient (Wildman–Crippen LogP) is 3.48. The number of hydrogen-bond acceptors (Lipinski definition) is 1. The summed E-state index contributed by atoms with van der Waals surface area (Å²) in [5, 5.41) is 0. The van der Waals surface area contributed by atoms with E-state index in [-0.39, 0.29) is 0 Å². The molecule has 0 saturated carbocycles. The van der Waals surface area contributed by atoms with Crippen molar-refractivity contribution in [1.82, 2.24) is 4.90 Å². The van der Waals surface area contributed by atoms with Gasteiger partial charge in [0.2, 0.25) is 0 Å². The topological polar surface area (TPSA) is 3.24 Å². The lowest BCUT2D eigenvalue weighted by atomic mass is 10.1. The van der Waals surface area contributed by atoms with Crippen LogP contribution in [0.1, 0.15) is 16.7 Å². The number of rotatable bonds is 3. The van der Waals surface area contributed by atoms with E-state index in [4.69, 9.17) is 0 Å². The van der Waals surface area contributed by atoms with Crippen LogP contribution in [0.2, 0.25) is 0 Å². The minimum atomic E-state index is 0.781. The zero-order chi connectivity index (χ0) is 13.5. The molecule has 0 unspecified atom stereocenters. The quantitative estimate of drug-likeness (QED) is 0.753. The molecule has 0 spiro atoms. The van der Waals surface area contributed by atoms with Gasteiger partial charge in [-0.25, -0.2) is 0 Å². The molecule has 2 aromatic carbocycles. The zero-order valence-electron chi connectivity index (χ0n) is 11.6. The second-order valence-electron chi connectivity index (χ2n) is 4.83. The second kappa shape index (κ2) is 6.78. The van der Waals surface area contributed by atoms with E-state index in [9.17, 15) is 0 Å². The van der Waals surface area contributed by atoms with Crippen molar-refractivity contribution in [2.24, 2.45) is 0 Å². The van der Waals surface area contributed by atoms with Gasteiger partial charge in [-0.15, -0.1) is 0 Å². The first-order valence-corrected chi connectivity index (χ1v) is 6.52. The highest BCUT2D eigenvalue weighted by atomic mass is 15.1. The number of benzene rings is 2. The fourth-order valence-corrected chi connectivity index (χ4v) is 1.86. The summed E-state index contributed by atoms with van der Waals surface area (Å²) in [6.07, 6.45) is 0. The molecule has 0 heterocycles. The SMILES string of the molecule is Cc1ccc(C#CCN(C)Cc2ccccc2)cc1. The molecule has 19 heavy (non-hydrogen) atoms. The lowest BCUT2D eigenvalue weighted by molar-refractivity contribution is 0.369. The fraction of sp³-hybridized carbons (Fsp3) is 0.222. The molecule has 0 aliphatic rings. The highest BCUT2D eigenvalue weighted by molar-refractivity contribution is 5.36. The second-order valence-corrected chi connectivity index (χ2v) is 4.83. The lowest BCUT2D eigenvalue weighted by Gasteiger charge is -2.12. The molecule has 0 N–H and O–H groups in total. The molecule has 0 atom stereocenters. The molecule has 2 aromatic rings. The Hall–Kier alpha value is -2.04. The van der Waals surface area contributed by atoms with Gasteiger partial charge in [0.15, 0.2) is 0 Å². The Bertz CT molecular complexity index is 558. The summed E-state index contributed by atoms with van der Waals surface area (Å²) in [6.45, 7) is 3.80. The Morgan fingerprint density at radius 3 is 2.32 bits per heavy atom. The van der Waals surface area contributed by atoms with Gasteiger partial charge in [0, 0.05) is 12.1 Å². The average molecular weight is 249 g/mol. The third kappa shape index (κ3) is 4.62. The van der Waals surface area contributed by atoms with Crippen LogP contribution in [0, 0.1) is 18.8 Å². The minimum Gasteiger partial charge on any atom is -0.291 e. The van der Waals surface area contributed by atoms with Crippen molar-refractivity contribution in [2.45, 2.75) is 13.5 Å². The predicted molar refractivity (Wildman–Crippen MR) is 80.8 cm³/mol. The lowest BCUT2D eigenvalue weighted by Crippen LogP contribution is -2.17. The van der Waals surface area contributed by atoms with Crippen LogP contribution in [0.4, 0.5) is 0 Å². The Morgan fingerprint density at radius 2 is 1.63 bits per heavy atom. The van der Waals surface area contributed by atoms with Crippen LogP contribution < -0.4 is 0 Å². The van der Waals surface area contributed by atoms with Crippen molar-refractivity contribution in [3.63, 3.8) is 0 Å². The fourth-order valence-electron chi connectivity index (χ4n) is 1.86. The molecule has 96 valence electrons. The maximum atomic E-state index is 3.22. The van der Waals surface area contributed by atoms with Crippen LogP contribution in [-0.4, -0.2) is 18.5 Å². The van der Waals surface area contributed by atoms with E-state index in [2.05, 4.69) is 79.2 Å². The zero-order valence-corrected chi connectivity index (χ0v) is 11.6. The van der Waals surface area contributed by atoms with Gasteiger partial charge >= 0.3 is 0 Å². The molecule has 1 heteroatoms. The van der Waals surface area contributed by atoms with Crippen molar-refractivity contribution in [3.8, 4) is 11.8 Å². The molecule has 1 nitrogen and oxygen atoms in total. The molecule has 0 aromatic heterocycles. The van der Waals surface area contributed by atoms with E-state index < -0.39 is 0 Å². The van der Waals surface area contributed by atoms with Crippen LogP contribution in [0.25, 0.3) is 0 Å². The van der Waals surface area contributed by atoms with Crippen LogP contribution >= 0.6 is 0 Å². The minimum absolute atomic E-state index is 0.781. The van der Waals surface area contributed by atoms with Crippen molar-refractivity contribution in [3.05, 3.63) is 71.3 Å². The molecule has 0 saturated heterocycles. The van der Waals surface area contributed by atoms with Gasteiger partial charge in [-0.05, 0) is 31.7 Å². The highest BCUT2D eigenvalue weighted by Gasteiger charge is 1.96. The Morgan fingerprint density at radius 1 is 0.947 bits per heavy atom. The third-order valence-electron chi connectivity index (χ3n) is 2.93. The first-order chi connectivity index (χ1) is 9.24. The molecule has 0 bridgehead atoms. The van der Waals surface area contributed by atoms with Crippen molar-refractivity contribution in [2.75, 3.05) is 13.6 Å². The van der Waals surface area contributed by atoms with E-state index in [0.717, 1.165) is 18.7 Å². The van der Waals surface area contributed by atoms with Crippen LogP contribution in [-0.2, 0) is 6.54 Å². The van der Waals surface area contributed by atoms with Crippen molar-refractivity contribution < 1.29 is 0 Å². The summed E-state index contributed by atoms with van der Waals surface area (Å²) < 4.78 is 0. The number of aryl methyl sites for hydroxylation is 1. The largest absolute Gasteiger partial charge is 0.291 e. The molecular weight excluding hydrogens is 230 g/mol. The van der Waals surface area contributed by atoms with Crippen LogP contribution in [0.15, 0.2) is 54.6 Å². The first kappa shape index (κ1) is 13.4. The summed E-state index contributed by atoms with van der Waals surface area (Å²) in [5.74, 6) is 6.41. The summed E-state index contributed by atoms with van der Waals surface area (Å²) in [6, 6.07) is 18.8. The Labute approximate surface area is 115 Å². The van der Waals surface area contributed by atoms with E-state index in [1.165, 1.54) is 11.1 Å². The van der Waals surface area contributed by atoms with Gasteiger partial charge in [0.05, 0.1) is 6.54 Å². The molecule has 0 aliphatic heterocycles. The number of nitrogens with zero attached hydrogens (tertiary/aromatic N) is 1. The number of hydrogen-bond donors (Lipinski definition) is 0. The molecule has 0 amide bonds. The van der Waals surface area contributed by atoms with E-state index in [0.29, 0.717) is 0 Å². The first-order valence-electron chi connectivity index (χ1n) is 6.52. The van der Waals surface area contributed by atoms with E-state index in [1.54, 1.807) is 0 Å². The average Bonchev–Trinajstić information content (AvgIpc) is 2.42. The summed E-state index contributed by atoms with van der Waals surface area (Å²) >= 11 is 0. The normalized spacial score (nSPS) is 10.1. The summed E-state index contributed by atoms with van der Waals surface area (Å²) in [4.78, 5) is 2.22. The smallest absolute Gasteiger partial charge is 0.0605 e. The Kier molecular flexibility index (Phi) is 4.78. The van der Waals surface area contributed by atoms with Gasteiger partial charge in [-0.1, -0.05) is 59.9 Å². The molecule has 0 fully saturated rings. The van der Waals surface area contributed by atoms with E-state index >= 15 is 0 Å². The molecule has 0 radical (unpaired) electrons.